The van der Waals surface area contributed by atoms with Crippen LogP contribution in [0.1, 0.15) is 11.6 Å². The van der Waals surface area contributed by atoms with E-state index in [4.69, 9.17) is 15.2 Å². The smallest absolute Gasteiger partial charge is 0.183 e. The van der Waals surface area contributed by atoms with E-state index in [2.05, 4.69) is 5.10 Å². The largest absolute Gasteiger partial charge is 0.389 e. The zero-order valence-electron chi connectivity index (χ0n) is 8.98. The Morgan fingerprint density at radius 1 is 1.62 bits per heavy atom. The van der Waals surface area contributed by atoms with Gasteiger partial charge in [-0.25, -0.2) is 0 Å². The van der Waals surface area contributed by atoms with Gasteiger partial charge in [-0.1, -0.05) is 0 Å². The molecule has 2 aliphatic rings. The van der Waals surface area contributed by atoms with Crippen molar-refractivity contribution in [2.24, 2.45) is 5.73 Å². The summed E-state index contributed by atoms with van der Waals surface area (Å²) in [6, 6.07) is -0.782. The van der Waals surface area contributed by atoms with E-state index in [-0.39, 0.29) is 12.1 Å². The number of fused-ring (bicyclic) bond motifs is 2. The molecule has 2 aliphatic heterocycles. The lowest BCUT2D eigenvalue weighted by Gasteiger charge is -2.36. The predicted molar refractivity (Wildman–Crippen MR) is 54.6 cm³/mol. The van der Waals surface area contributed by atoms with Crippen molar-refractivity contribution in [3.05, 3.63) is 18.0 Å². The molecular formula is C10H15N3O3. The van der Waals surface area contributed by atoms with Crippen LogP contribution in [-0.4, -0.2) is 46.0 Å². The van der Waals surface area contributed by atoms with Crippen LogP contribution in [0.3, 0.4) is 0 Å². The van der Waals surface area contributed by atoms with Crippen LogP contribution in [0.4, 0.5) is 0 Å². The molecule has 0 radical (unpaired) electrons. The second-order valence-electron chi connectivity index (χ2n) is 4.43. The molecule has 5 unspecified atom stereocenters. The first-order valence-electron chi connectivity index (χ1n) is 5.38. The van der Waals surface area contributed by atoms with E-state index in [1.807, 2.05) is 13.1 Å². The first kappa shape index (κ1) is 10.2. The summed E-state index contributed by atoms with van der Waals surface area (Å²) in [5.74, 6) is 0. The zero-order chi connectivity index (χ0) is 11.3. The van der Waals surface area contributed by atoms with Gasteiger partial charge in [-0.2, -0.15) is 5.10 Å². The fourth-order valence-electron chi connectivity index (χ4n) is 2.31. The summed E-state index contributed by atoms with van der Waals surface area (Å²) in [5, 5.41) is 14.3. The Hall–Kier alpha value is -0.950. The third kappa shape index (κ3) is 1.38. The first-order valence-corrected chi connectivity index (χ1v) is 5.38. The van der Waals surface area contributed by atoms with Crippen LogP contribution in [-0.2, 0) is 9.47 Å². The minimum absolute atomic E-state index is 0.201. The molecule has 2 fully saturated rings. The van der Waals surface area contributed by atoms with Gasteiger partial charge in [-0.15, -0.1) is 0 Å². The van der Waals surface area contributed by atoms with E-state index in [0.29, 0.717) is 6.61 Å². The van der Waals surface area contributed by atoms with Crippen molar-refractivity contribution < 1.29 is 14.6 Å². The van der Waals surface area contributed by atoms with Crippen molar-refractivity contribution in [2.75, 3.05) is 6.61 Å². The Balaban J connectivity index is 1.93. The maximum absolute atomic E-state index is 10.1. The number of rotatable bonds is 1. The standard InChI is InChI=1S/C10H15N3O3/c1-5-2-12-13(3-5)8-9(14)7(11)6-4-15-10(8)16-6/h2-3,6-10,14H,4,11H2,1H3. The Bertz CT molecular complexity index is 394. The summed E-state index contributed by atoms with van der Waals surface area (Å²) in [6.45, 7) is 2.39. The molecule has 0 aromatic carbocycles. The van der Waals surface area contributed by atoms with Crippen LogP contribution < -0.4 is 5.73 Å². The summed E-state index contributed by atoms with van der Waals surface area (Å²) in [7, 11) is 0. The number of hydrogen-bond donors (Lipinski definition) is 2. The number of aliphatic hydroxyl groups excluding tert-OH is 1. The molecule has 6 heteroatoms. The highest BCUT2D eigenvalue weighted by Crippen LogP contribution is 2.34. The van der Waals surface area contributed by atoms with Gasteiger partial charge in [0.15, 0.2) is 6.29 Å². The lowest BCUT2D eigenvalue weighted by atomic mass is 9.97. The van der Waals surface area contributed by atoms with Crippen LogP contribution >= 0.6 is 0 Å². The van der Waals surface area contributed by atoms with Gasteiger partial charge in [0.25, 0.3) is 0 Å². The lowest BCUT2D eigenvalue weighted by molar-refractivity contribution is -0.163. The van der Waals surface area contributed by atoms with E-state index >= 15 is 0 Å². The second kappa shape index (κ2) is 3.53. The van der Waals surface area contributed by atoms with Gasteiger partial charge in [0.1, 0.15) is 12.1 Å². The Morgan fingerprint density at radius 3 is 3.12 bits per heavy atom. The number of hydrogen-bond acceptors (Lipinski definition) is 5. The molecule has 3 rings (SSSR count). The van der Waals surface area contributed by atoms with Crippen LogP contribution in [0.15, 0.2) is 12.4 Å². The number of aromatic nitrogens is 2. The average molecular weight is 225 g/mol. The second-order valence-corrected chi connectivity index (χ2v) is 4.43. The number of nitrogens with zero attached hydrogens (tertiary/aromatic N) is 2. The molecule has 6 nitrogen and oxygen atoms in total. The van der Waals surface area contributed by atoms with Gasteiger partial charge in [0.2, 0.25) is 0 Å². The van der Waals surface area contributed by atoms with E-state index < -0.39 is 18.4 Å². The highest BCUT2D eigenvalue weighted by molar-refractivity contribution is 5.04. The highest BCUT2D eigenvalue weighted by atomic mass is 16.7. The number of aryl methyl sites for hydroxylation is 1. The Labute approximate surface area is 92.9 Å². The van der Waals surface area contributed by atoms with Gasteiger partial charge in [0.05, 0.1) is 24.9 Å². The number of nitrogens with two attached hydrogens (primary N) is 1. The maximum Gasteiger partial charge on any atom is 0.183 e. The van der Waals surface area contributed by atoms with Crippen molar-refractivity contribution in [2.45, 2.75) is 37.5 Å². The monoisotopic (exact) mass is 225 g/mol. The molecular weight excluding hydrogens is 210 g/mol. The first-order chi connectivity index (χ1) is 7.66. The molecule has 0 saturated carbocycles. The summed E-state index contributed by atoms with van der Waals surface area (Å²) in [5.41, 5.74) is 6.93. The summed E-state index contributed by atoms with van der Waals surface area (Å²) in [6.07, 6.45) is 2.25. The van der Waals surface area contributed by atoms with E-state index in [1.165, 1.54) is 0 Å². The summed E-state index contributed by atoms with van der Waals surface area (Å²) < 4.78 is 12.7. The molecule has 2 bridgehead atoms. The quantitative estimate of drug-likeness (QED) is 0.652. The molecule has 3 N–H and O–H groups in total. The molecule has 0 aliphatic carbocycles. The molecule has 2 saturated heterocycles. The topological polar surface area (TPSA) is 82.5 Å². The highest BCUT2D eigenvalue weighted by Gasteiger charge is 2.49. The molecule has 0 amide bonds. The van der Waals surface area contributed by atoms with Gasteiger partial charge < -0.3 is 20.3 Å². The molecule has 3 heterocycles. The van der Waals surface area contributed by atoms with Crippen molar-refractivity contribution in [1.82, 2.24) is 9.78 Å². The third-order valence-electron chi connectivity index (χ3n) is 3.22. The minimum atomic E-state index is -0.689. The molecule has 5 atom stereocenters. The van der Waals surface area contributed by atoms with E-state index in [9.17, 15) is 5.11 Å². The number of ether oxygens (including phenoxy) is 2. The summed E-state index contributed by atoms with van der Waals surface area (Å²) in [4.78, 5) is 0. The van der Waals surface area contributed by atoms with Gasteiger partial charge >= 0.3 is 0 Å². The Kier molecular flexibility index (Phi) is 2.25. The fraction of sp³-hybridized carbons (Fsp3) is 0.700. The average Bonchev–Trinajstić information content (AvgIpc) is 2.85. The molecule has 1 aromatic rings. The van der Waals surface area contributed by atoms with Crippen LogP contribution in [0.25, 0.3) is 0 Å². The number of aliphatic hydroxyl groups is 1. The van der Waals surface area contributed by atoms with Crippen molar-refractivity contribution in [3.8, 4) is 0 Å². The maximum atomic E-state index is 10.1. The van der Waals surface area contributed by atoms with Crippen LogP contribution in [0, 0.1) is 6.92 Å². The van der Waals surface area contributed by atoms with Crippen molar-refractivity contribution >= 4 is 0 Å². The molecule has 0 spiro atoms. The molecule has 88 valence electrons. The van der Waals surface area contributed by atoms with E-state index in [0.717, 1.165) is 5.56 Å². The van der Waals surface area contributed by atoms with Gasteiger partial charge in [0, 0.05) is 6.20 Å². The van der Waals surface area contributed by atoms with E-state index in [1.54, 1.807) is 10.9 Å². The fourth-order valence-corrected chi connectivity index (χ4v) is 2.31. The Morgan fingerprint density at radius 2 is 2.44 bits per heavy atom. The van der Waals surface area contributed by atoms with Crippen LogP contribution in [0.2, 0.25) is 0 Å². The lowest BCUT2D eigenvalue weighted by Crippen LogP contribution is -2.55. The SMILES string of the molecule is Cc1cnn(C2C3OCC(O3)C(N)C2O)c1. The normalized spacial score (nSPS) is 42.6. The molecule has 1 aromatic heterocycles. The third-order valence-corrected chi connectivity index (χ3v) is 3.22. The van der Waals surface area contributed by atoms with Crippen molar-refractivity contribution in [1.29, 1.82) is 0 Å². The minimum Gasteiger partial charge on any atom is -0.389 e. The summed E-state index contributed by atoms with van der Waals surface area (Å²) >= 11 is 0. The molecule has 16 heavy (non-hydrogen) atoms. The zero-order valence-corrected chi connectivity index (χ0v) is 8.98. The predicted octanol–water partition coefficient (Wildman–Crippen LogP) is -0.824. The van der Waals surface area contributed by atoms with Crippen LogP contribution in [0.5, 0.6) is 0 Å². The van der Waals surface area contributed by atoms with Gasteiger partial charge in [-0.3, -0.25) is 4.68 Å². The van der Waals surface area contributed by atoms with Gasteiger partial charge in [-0.05, 0) is 12.5 Å². The van der Waals surface area contributed by atoms with Crippen molar-refractivity contribution in [3.63, 3.8) is 0 Å².